The average molecular weight is 487 g/mol. The summed E-state index contributed by atoms with van der Waals surface area (Å²) >= 11 is 0. The molecule has 1 N–H and O–H groups in total. The first kappa shape index (κ1) is 22.3. The number of hydrogen-bond acceptors (Lipinski definition) is 8. The van der Waals surface area contributed by atoms with E-state index in [4.69, 9.17) is 9.47 Å². The minimum atomic E-state index is 0.0258. The number of methoxy groups -OCH3 is 1. The Bertz CT molecular complexity index is 1340. The zero-order valence-electron chi connectivity index (χ0n) is 20.1. The summed E-state index contributed by atoms with van der Waals surface area (Å²) in [5, 5.41) is 3.15. The van der Waals surface area contributed by atoms with Crippen LogP contribution in [-0.4, -0.2) is 64.5 Å². The molecule has 1 saturated heterocycles. The van der Waals surface area contributed by atoms with Crippen molar-refractivity contribution in [2.45, 2.75) is 37.8 Å². The standard InChI is InChI=1S/C26H26N6O4/c1-31(18-7-8-18)25(34)16-5-3-15(4-6-16)20-13-28-26(30-23(20)35-2)29-17-11-21-24(27-12-17)36-14-19-9-10-22(33)32(19)21/h3-6,11-13,18-19H,7-10,14H2,1-2H3,(H,28,29,30)/t19-/m0/s1. The van der Waals surface area contributed by atoms with Crippen LogP contribution in [0.25, 0.3) is 11.1 Å². The normalized spacial score (nSPS) is 18.2. The molecule has 2 amide bonds. The number of hydrogen-bond donors (Lipinski definition) is 1. The Balaban J connectivity index is 1.22. The summed E-state index contributed by atoms with van der Waals surface area (Å²) in [6.07, 6.45) is 6.74. The molecule has 1 aliphatic carbocycles. The maximum atomic E-state index is 12.6. The van der Waals surface area contributed by atoms with E-state index in [0.717, 1.165) is 24.8 Å². The molecule has 3 aliphatic rings. The van der Waals surface area contributed by atoms with E-state index in [2.05, 4.69) is 20.3 Å². The highest BCUT2D eigenvalue weighted by atomic mass is 16.5. The van der Waals surface area contributed by atoms with E-state index in [1.807, 2.05) is 37.4 Å². The van der Waals surface area contributed by atoms with Gasteiger partial charge in [-0.05, 0) is 43.0 Å². The Kier molecular flexibility index (Phi) is 5.43. The fourth-order valence-corrected chi connectivity index (χ4v) is 4.73. The number of fused-ring (bicyclic) bond motifs is 3. The van der Waals surface area contributed by atoms with Crippen molar-refractivity contribution in [2.24, 2.45) is 0 Å². The summed E-state index contributed by atoms with van der Waals surface area (Å²) in [7, 11) is 3.40. The number of amides is 2. The maximum Gasteiger partial charge on any atom is 0.253 e. The second kappa shape index (κ2) is 8.78. The lowest BCUT2D eigenvalue weighted by molar-refractivity contribution is -0.117. The van der Waals surface area contributed by atoms with Crippen molar-refractivity contribution in [1.29, 1.82) is 0 Å². The van der Waals surface area contributed by atoms with Gasteiger partial charge in [-0.1, -0.05) is 12.1 Å². The lowest BCUT2D eigenvalue weighted by atomic mass is 10.1. The van der Waals surface area contributed by atoms with Gasteiger partial charge >= 0.3 is 0 Å². The van der Waals surface area contributed by atoms with Crippen molar-refractivity contribution >= 4 is 29.1 Å². The molecule has 6 rings (SSSR count). The van der Waals surface area contributed by atoms with Gasteiger partial charge < -0.3 is 24.6 Å². The predicted molar refractivity (Wildman–Crippen MR) is 133 cm³/mol. The number of nitrogens with zero attached hydrogens (tertiary/aromatic N) is 5. The number of carbonyl (C=O) groups excluding carboxylic acids is 2. The number of nitrogens with one attached hydrogen (secondary N) is 1. The van der Waals surface area contributed by atoms with Gasteiger partial charge in [0.1, 0.15) is 12.3 Å². The van der Waals surface area contributed by atoms with Gasteiger partial charge in [0.15, 0.2) is 0 Å². The molecule has 10 nitrogen and oxygen atoms in total. The molecular formula is C26H26N6O4. The molecule has 10 heteroatoms. The van der Waals surface area contributed by atoms with Crippen LogP contribution in [0.2, 0.25) is 0 Å². The average Bonchev–Trinajstić information content (AvgIpc) is 3.69. The van der Waals surface area contributed by atoms with Crippen molar-refractivity contribution in [3.63, 3.8) is 0 Å². The highest BCUT2D eigenvalue weighted by Gasteiger charge is 2.38. The van der Waals surface area contributed by atoms with Crippen LogP contribution in [-0.2, 0) is 4.79 Å². The second-order valence-electron chi connectivity index (χ2n) is 9.28. The fraction of sp³-hybridized carbons (Fsp3) is 0.346. The first-order chi connectivity index (χ1) is 17.5. The monoisotopic (exact) mass is 486 g/mol. The summed E-state index contributed by atoms with van der Waals surface area (Å²) in [4.78, 5) is 41.9. The minimum Gasteiger partial charge on any atom is -0.480 e. The van der Waals surface area contributed by atoms with Gasteiger partial charge in [-0.2, -0.15) is 4.98 Å². The third-order valence-electron chi connectivity index (χ3n) is 6.89. The van der Waals surface area contributed by atoms with E-state index in [1.54, 1.807) is 29.3 Å². The van der Waals surface area contributed by atoms with E-state index in [-0.39, 0.29) is 17.9 Å². The third kappa shape index (κ3) is 3.98. The van der Waals surface area contributed by atoms with Gasteiger partial charge in [-0.25, -0.2) is 9.97 Å². The van der Waals surface area contributed by atoms with E-state index in [1.165, 1.54) is 0 Å². The summed E-state index contributed by atoms with van der Waals surface area (Å²) in [6.45, 7) is 0.465. The van der Waals surface area contributed by atoms with Crippen LogP contribution >= 0.6 is 0 Å². The molecule has 36 heavy (non-hydrogen) atoms. The highest BCUT2D eigenvalue weighted by molar-refractivity contribution is 5.98. The minimum absolute atomic E-state index is 0.0258. The van der Waals surface area contributed by atoms with Crippen LogP contribution in [0.3, 0.4) is 0 Å². The van der Waals surface area contributed by atoms with Crippen LogP contribution < -0.4 is 19.7 Å². The Labute approximate surface area is 208 Å². The molecule has 0 bridgehead atoms. The van der Waals surface area contributed by atoms with Crippen molar-refractivity contribution in [1.82, 2.24) is 19.9 Å². The Morgan fingerprint density at radius 3 is 2.72 bits per heavy atom. The molecule has 2 fully saturated rings. The van der Waals surface area contributed by atoms with Crippen LogP contribution in [0.1, 0.15) is 36.0 Å². The molecule has 0 unspecified atom stereocenters. The quantitative estimate of drug-likeness (QED) is 0.565. The van der Waals surface area contributed by atoms with Gasteiger partial charge in [-0.15, -0.1) is 0 Å². The summed E-state index contributed by atoms with van der Waals surface area (Å²) in [5.74, 6) is 1.28. The van der Waals surface area contributed by atoms with Crippen molar-refractivity contribution in [3.8, 4) is 22.9 Å². The number of pyridine rings is 1. The van der Waals surface area contributed by atoms with Gasteiger partial charge in [0.2, 0.25) is 23.6 Å². The summed E-state index contributed by atoms with van der Waals surface area (Å²) in [5.41, 5.74) is 3.49. The SMILES string of the molecule is COc1nc(Nc2cnc3c(c2)N2C(=O)CC[C@H]2CO3)ncc1-c1ccc(C(=O)N(C)C2CC2)cc1. The summed E-state index contributed by atoms with van der Waals surface area (Å²) < 4.78 is 11.3. The van der Waals surface area contributed by atoms with Crippen LogP contribution in [0, 0.1) is 0 Å². The molecule has 2 aliphatic heterocycles. The van der Waals surface area contributed by atoms with E-state index in [0.29, 0.717) is 59.3 Å². The maximum absolute atomic E-state index is 12.6. The zero-order valence-corrected chi connectivity index (χ0v) is 20.1. The highest BCUT2D eigenvalue weighted by Crippen LogP contribution is 2.39. The lowest BCUT2D eigenvalue weighted by Crippen LogP contribution is -2.40. The van der Waals surface area contributed by atoms with E-state index in [9.17, 15) is 9.59 Å². The van der Waals surface area contributed by atoms with Gasteiger partial charge in [0.25, 0.3) is 5.91 Å². The zero-order chi connectivity index (χ0) is 24.8. The molecule has 184 valence electrons. The van der Waals surface area contributed by atoms with Crippen molar-refractivity contribution in [2.75, 3.05) is 31.0 Å². The summed E-state index contributed by atoms with van der Waals surface area (Å²) in [6, 6.07) is 9.62. The molecule has 4 heterocycles. The molecule has 0 spiro atoms. The first-order valence-corrected chi connectivity index (χ1v) is 12.0. The van der Waals surface area contributed by atoms with Gasteiger partial charge in [0.05, 0.1) is 30.6 Å². The number of aromatic nitrogens is 3. The third-order valence-corrected chi connectivity index (χ3v) is 6.89. The molecular weight excluding hydrogens is 460 g/mol. The Hall–Kier alpha value is -4.21. The molecule has 1 atom stereocenters. The molecule has 3 aromatic rings. The second-order valence-corrected chi connectivity index (χ2v) is 9.28. The van der Waals surface area contributed by atoms with Crippen molar-refractivity contribution < 1.29 is 19.1 Å². The van der Waals surface area contributed by atoms with Gasteiger partial charge in [0, 0.05) is 31.3 Å². The first-order valence-electron chi connectivity index (χ1n) is 12.0. The van der Waals surface area contributed by atoms with Crippen LogP contribution in [0.5, 0.6) is 11.8 Å². The smallest absolute Gasteiger partial charge is 0.253 e. The molecule has 0 radical (unpaired) electrons. The molecule has 1 saturated carbocycles. The van der Waals surface area contributed by atoms with E-state index < -0.39 is 0 Å². The van der Waals surface area contributed by atoms with Crippen molar-refractivity contribution in [3.05, 3.63) is 48.3 Å². The largest absolute Gasteiger partial charge is 0.480 e. The predicted octanol–water partition coefficient (Wildman–Crippen LogP) is 3.41. The fourth-order valence-electron chi connectivity index (χ4n) is 4.73. The lowest BCUT2D eigenvalue weighted by Gasteiger charge is -2.31. The molecule has 2 aromatic heterocycles. The van der Waals surface area contributed by atoms with E-state index >= 15 is 0 Å². The number of ether oxygens (including phenoxy) is 2. The van der Waals surface area contributed by atoms with Crippen LogP contribution in [0.15, 0.2) is 42.7 Å². The Morgan fingerprint density at radius 2 is 1.97 bits per heavy atom. The Morgan fingerprint density at radius 1 is 1.17 bits per heavy atom. The number of benzene rings is 1. The van der Waals surface area contributed by atoms with Gasteiger partial charge in [-0.3, -0.25) is 9.59 Å². The number of carbonyl (C=O) groups is 2. The molecule has 1 aromatic carbocycles. The van der Waals surface area contributed by atoms with Crippen LogP contribution in [0.4, 0.5) is 17.3 Å². The number of anilines is 3. The number of rotatable bonds is 6. The topological polar surface area (TPSA) is 110 Å².